The zero-order valence-electron chi connectivity index (χ0n) is 7.33. The van der Waals surface area contributed by atoms with E-state index in [0.717, 1.165) is 26.2 Å². The third-order valence-electron chi connectivity index (χ3n) is 2.47. The summed E-state index contributed by atoms with van der Waals surface area (Å²) in [5, 5.41) is 0. The monoisotopic (exact) mass is 172 g/mol. The van der Waals surface area contributed by atoms with Crippen LogP contribution >= 0.6 is 0 Å². The van der Waals surface area contributed by atoms with Gasteiger partial charge in [-0.1, -0.05) is 0 Å². The summed E-state index contributed by atoms with van der Waals surface area (Å²) in [6.07, 6.45) is 4.08. The second kappa shape index (κ2) is 4.21. The van der Waals surface area contributed by atoms with Crippen molar-refractivity contribution in [2.75, 3.05) is 26.4 Å². The molecule has 0 aromatic carbocycles. The fraction of sp³-hybridized carbons (Fsp3) is 1.00. The number of hydrogen-bond acceptors (Lipinski definition) is 3. The molecule has 2 aliphatic heterocycles. The molecule has 2 atom stereocenters. The molecule has 2 unspecified atom stereocenters. The van der Waals surface area contributed by atoms with Crippen molar-refractivity contribution in [3.05, 3.63) is 0 Å². The van der Waals surface area contributed by atoms with E-state index in [-0.39, 0.29) is 6.10 Å². The SMILES string of the molecule is C1CCC(C2COCCO2)OC1. The fourth-order valence-corrected chi connectivity index (χ4v) is 1.78. The van der Waals surface area contributed by atoms with E-state index in [1.807, 2.05) is 0 Å². The van der Waals surface area contributed by atoms with Crippen LogP contribution in [-0.4, -0.2) is 38.6 Å². The Morgan fingerprint density at radius 1 is 0.833 bits per heavy atom. The Kier molecular flexibility index (Phi) is 2.98. The first-order chi connectivity index (χ1) is 5.97. The topological polar surface area (TPSA) is 27.7 Å². The highest BCUT2D eigenvalue weighted by molar-refractivity contribution is 4.75. The summed E-state index contributed by atoms with van der Waals surface area (Å²) in [6.45, 7) is 3.07. The normalized spacial score (nSPS) is 38.0. The standard InChI is InChI=1S/C9H16O3/c1-2-4-11-8(3-1)9-7-10-5-6-12-9/h8-9H,1-7H2. The van der Waals surface area contributed by atoms with Gasteiger partial charge in [-0.05, 0) is 19.3 Å². The molecule has 12 heavy (non-hydrogen) atoms. The van der Waals surface area contributed by atoms with Crippen LogP contribution in [0.25, 0.3) is 0 Å². The van der Waals surface area contributed by atoms with Gasteiger partial charge in [0.15, 0.2) is 0 Å². The fourth-order valence-electron chi connectivity index (χ4n) is 1.78. The molecule has 2 heterocycles. The van der Waals surface area contributed by atoms with E-state index in [9.17, 15) is 0 Å². The second-order valence-corrected chi connectivity index (χ2v) is 3.39. The van der Waals surface area contributed by atoms with Gasteiger partial charge in [0.05, 0.1) is 25.9 Å². The first kappa shape index (κ1) is 8.48. The number of rotatable bonds is 1. The molecular formula is C9H16O3. The van der Waals surface area contributed by atoms with E-state index < -0.39 is 0 Å². The highest BCUT2D eigenvalue weighted by Gasteiger charge is 2.27. The highest BCUT2D eigenvalue weighted by atomic mass is 16.6. The molecule has 70 valence electrons. The molecule has 0 amide bonds. The molecule has 0 N–H and O–H groups in total. The summed E-state index contributed by atoms with van der Waals surface area (Å²) in [6, 6.07) is 0. The van der Waals surface area contributed by atoms with Crippen molar-refractivity contribution in [2.24, 2.45) is 0 Å². The van der Waals surface area contributed by atoms with Crippen LogP contribution in [0.2, 0.25) is 0 Å². The van der Waals surface area contributed by atoms with Crippen LogP contribution in [0.5, 0.6) is 0 Å². The second-order valence-electron chi connectivity index (χ2n) is 3.39. The lowest BCUT2D eigenvalue weighted by Crippen LogP contribution is -2.41. The Balaban J connectivity index is 1.80. The van der Waals surface area contributed by atoms with Crippen LogP contribution < -0.4 is 0 Å². The average Bonchev–Trinajstić information content (AvgIpc) is 2.21. The maximum Gasteiger partial charge on any atom is 0.107 e. The molecule has 0 aromatic heterocycles. The van der Waals surface area contributed by atoms with Crippen molar-refractivity contribution in [2.45, 2.75) is 31.5 Å². The van der Waals surface area contributed by atoms with E-state index in [1.165, 1.54) is 12.8 Å². The van der Waals surface area contributed by atoms with Gasteiger partial charge >= 0.3 is 0 Å². The maximum atomic E-state index is 5.61. The van der Waals surface area contributed by atoms with Gasteiger partial charge in [0, 0.05) is 6.61 Å². The molecule has 2 saturated heterocycles. The third-order valence-corrected chi connectivity index (χ3v) is 2.47. The molecule has 3 nitrogen and oxygen atoms in total. The molecule has 0 aliphatic carbocycles. The smallest absolute Gasteiger partial charge is 0.107 e. The van der Waals surface area contributed by atoms with Crippen LogP contribution in [0.15, 0.2) is 0 Å². The number of ether oxygens (including phenoxy) is 3. The van der Waals surface area contributed by atoms with Gasteiger partial charge in [0.2, 0.25) is 0 Å². The van der Waals surface area contributed by atoms with Gasteiger partial charge in [-0.25, -0.2) is 0 Å². The Labute approximate surface area is 73.0 Å². The van der Waals surface area contributed by atoms with Crippen molar-refractivity contribution in [1.29, 1.82) is 0 Å². The molecule has 2 fully saturated rings. The molecule has 0 spiro atoms. The van der Waals surface area contributed by atoms with Crippen LogP contribution in [0, 0.1) is 0 Å². The van der Waals surface area contributed by atoms with Crippen LogP contribution in [0.4, 0.5) is 0 Å². The molecule has 0 saturated carbocycles. The first-order valence-corrected chi connectivity index (χ1v) is 4.78. The minimum Gasteiger partial charge on any atom is -0.376 e. The predicted octanol–water partition coefficient (Wildman–Crippen LogP) is 0.971. The van der Waals surface area contributed by atoms with Gasteiger partial charge in [-0.15, -0.1) is 0 Å². The minimum atomic E-state index is 0.194. The van der Waals surface area contributed by atoms with E-state index in [1.54, 1.807) is 0 Å². The van der Waals surface area contributed by atoms with Gasteiger partial charge < -0.3 is 14.2 Å². The molecule has 0 aromatic rings. The summed E-state index contributed by atoms with van der Waals surface area (Å²) < 4.78 is 16.5. The number of hydrogen-bond donors (Lipinski definition) is 0. The molecule has 3 heteroatoms. The summed E-state index contributed by atoms with van der Waals surface area (Å²) in [4.78, 5) is 0. The third kappa shape index (κ3) is 1.97. The predicted molar refractivity (Wildman–Crippen MR) is 44.2 cm³/mol. The summed E-state index contributed by atoms with van der Waals surface area (Å²) in [7, 11) is 0. The van der Waals surface area contributed by atoms with Crippen molar-refractivity contribution >= 4 is 0 Å². The first-order valence-electron chi connectivity index (χ1n) is 4.78. The lowest BCUT2D eigenvalue weighted by molar-refractivity contribution is -0.156. The summed E-state index contributed by atoms with van der Waals surface area (Å²) in [5.74, 6) is 0. The largest absolute Gasteiger partial charge is 0.376 e. The van der Waals surface area contributed by atoms with Gasteiger partial charge in [-0.2, -0.15) is 0 Å². The lowest BCUT2D eigenvalue weighted by atomic mass is 10.0. The maximum absolute atomic E-state index is 5.61. The van der Waals surface area contributed by atoms with Crippen molar-refractivity contribution in [3.63, 3.8) is 0 Å². The Morgan fingerprint density at radius 2 is 1.75 bits per heavy atom. The van der Waals surface area contributed by atoms with E-state index in [0.29, 0.717) is 12.7 Å². The van der Waals surface area contributed by atoms with E-state index in [2.05, 4.69) is 0 Å². The Morgan fingerprint density at radius 3 is 2.42 bits per heavy atom. The van der Waals surface area contributed by atoms with Crippen molar-refractivity contribution < 1.29 is 14.2 Å². The van der Waals surface area contributed by atoms with Crippen molar-refractivity contribution in [1.82, 2.24) is 0 Å². The minimum absolute atomic E-state index is 0.194. The Hall–Kier alpha value is -0.120. The molecule has 2 rings (SSSR count). The van der Waals surface area contributed by atoms with Gasteiger partial charge in [0.25, 0.3) is 0 Å². The summed E-state index contributed by atoms with van der Waals surface area (Å²) in [5.41, 5.74) is 0. The Bertz CT molecular complexity index is 110. The molecular weight excluding hydrogens is 156 g/mol. The highest BCUT2D eigenvalue weighted by Crippen LogP contribution is 2.19. The zero-order chi connectivity index (χ0) is 8.23. The van der Waals surface area contributed by atoms with E-state index >= 15 is 0 Å². The van der Waals surface area contributed by atoms with Crippen LogP contribution in [0.3, 0.4) is 0 Å². The summed E-state index contributed by atoms with van der Waals surface area (Å²) >= 11 is 0. The molecule has 2 aliphatic rings. The molecule has 0 bridgehead atoms. The van der Waals surface area contributed by atoms with Gasteiger partial charge in [-0.3, -0.25) is 0 Å². The van der Waals surface area contributed by atoms with Crippen LogP contribution in [0.1, 0.15) is 19.3 Å². The average molecular weight is 172 g/mol. The van der Waals surface area contributed by atoms with Crippen molar-refractivity contribution in [3.8, 4) is 0 Å². The van der Waals surface area contributed by atoms with E-state index in [4.69, 9.17) is 14.2 Å². The molecule has 0 radical (unpaired) electrons. The lowest BCUT2D eigenvalue weighted by Gasteiger charge is -2.32. The quantitative estimate of drug-likeness (QED) is 0.590. The van der Waals surface area contributed by atoms with Gasteiger partial charge in [0.1, 0.15) is 6.10 Å². The van der Waals surface area contributed by atoms with Crippen LogP contribution in [-0.2, 0) is 14.2 Å². The zero-order valence-corrected chi connectivity index (χ0v) is 7.33.